The van der Waals surface area contributed by atoms with Crippen molar-refractivity contribution in [1.29, 1.82) is 0 Å². The average Bonchev–Trinajstić information content (AvgIpc) is 2.96. The van der Waals surface area contributed by atoms with E-state index < -0.39 is 0 Å². The van der Waals surface area contributed by atoms with Crippen molar-refractivity contribution in [3.8, 4) is 11.4 Å². The monoisotopic (exact) mass is 361 g/mol. The summed E-state index contributed by atoms with van der Waals surface area (Å²) in [6.45, 7) is 8.23. The van der Waals surface area contributed by atoms with Crippen LogP contribution in [0.5, 0.6) is 0 Å². The molecule has 7 heteroatoms. The lowest BCUT2D eigenvalue weighted by atomic mass is 10.2. The Morgan fingerprint density at radius 2 is 1.86 bits per heavy atom. The van der Waals surface area contributed by atoms with E-state index in [0.717, 1.165) is 10.0 Å². The summed E-state index contributed by atoms with van der Waals surface area (Å²) in [4.78, 5) is 15.1. The molecule has 1 aromatic carbocycles. The Hall–Kier alpha value is -2.28. The van der Waals surface area contributed by atoms with Crippen molar-refractivity contribution < 1.29 is 4.79 Å². The number of carbonyl (C=O) groups is 1. The van der Waals surface area contributed by atoms with E-state index in [-0.39, 0.29) is 12.5 Å². The van der Waals surface area contributed by atoms with Crippen LogP contribution in [-0.4, -0.2) is 44.1 Å². The summed E-state index contributed by atoms with van der Waals surface area (Å²) in [5.74, 6) is 0.374. The Labute approximate surface area is 137 Å². The van der Waals surface area contributed by atoms with Crippen molar-refractivity contribution in [2.45, 2.75) is 6.54 Å². The maximum Gasteiger partial charge on any atom is 0.246 e. The number of benzene rings is 1. The summed E-state index contributed by atoms with van der Waals surface area (Å²) in [5, 5.41) is 12.1. The highest BCUT2D eigenvalue weighted by atomic mass is 79.9. The van der Waals surface area contributed by atoms with E-state index in [4.69, 9.17) is 0 Å². The molecule has 2 aromatic rings. The molecule has 0 bridgehead atoms. The highest BCUT2D eigenvalue weighted by Crippen LogP contribution is 2.17. The molecule has 6 nitrogen and oxygen atoms in total. The van der Waals surface area contributed by atoms with E-state index in [2.05, 4.69) is 44.5 Å². The zero-order valence-corrected chi connectivity index (χ0v) is 13.6. The van der Waals surface area contributed by atoms with E-state index in [1.807, 2.05) is 24.3 Å². The van der Waals surface area contributed by atoms with Crippen LogP contribution in [0, 0.1) is 0 Å². The third-order valence-electron chi connectivity index (χ3n) is 2.88. The van der Waals surface area contributed by atoms with Gasteiger partial charge in [0, 0.05) is 23.1 Å². The quantitative estimate of drug-likeness (QED) is 0.709. The third kappa shape index (κ3) is 4.11. The van der Waals surface area contributed by atoms with E-state index >= 15 is 0 Å². The highest BCUT2D eigenvalue weighted by Gasteiger charge is 2.14. The maximum absolute atomic E-state index is 12.2. The Morgan fingerprint density at radius 1 is 1.23 bits per heavy atom. The second-order valence-electron chi connectivity index (χ2n) is 4.53. The Morgan fingerprint density at radius 3 is 2.45 bits per heavy atom. The number of rotatable bonds is 7. The van der Waals surface area contributed by atoms with Gasteiger partial charge in [0.05, 0.1) is 0 Å². The van der Waals surface area contributed by atoms with E-state index in [0.29, 0.717) is 18.9 Å². The number of tetrazole rings is 1. The molecule has 0 spiro atoms. The van der Waals surface area contributed by atoms with Crippen molar-refractivity contribution in [3.63, 3.8) is 0 Å². The summed E-state index contributed by atoms with van der Waals surface area (Å²) in [7, 11) is 0. The van der Waals surface area contributed by atoms with Crippen LogP contribution < -0.4 is 0 Å². The van der Waals surface area contributed by atoms with Crippen LogP contribution in [0.2, 0.25) is 0 Å². The van der Waals surface area contributed by atoms with E-state index in [9.17, 15) is 4.79 Å². The molecule has 0 aliphatic heterocycles. The minimum atomic E-state index is -0.112. The standard InChI is InChI=1S/C15H16BrN5O/c1-3-9-20(10-4-2)14(22)11-21-18-15(17-19-21)12-5-7-13(16)8-6-12/h3-8H,1-2,9-11H2. The predicted molar refractivity (Wildman–Crippen MR) is 87.9 cm³/mol. The van der Waals surface area contributed by atoms with Gasteiger partial charge in [-0.05, 0) is 29.5 Å². The molecular formula is C15H16BrN5O. The van der Waals surface area contributed by atoms with Crippen LogP contribution in [0.1, 0.15) is 0 Å². The molecule has 0 saturated carbocycles. The number of halogens is 1. The first-order valence-corrected chi connectivity index (χ1v) is 7.46. The molecule has 0 atom stereocenters. The minimum Gasteiger partial charge on any atom is -0.334 e. The lowest BCUT2D eigenvalue weighted by molar-refractivity contribution is -0.131. The van der Waals surface area contributed by atoms with Crippen LogP contribution >= 0.6 is 15.9 Å². The van der Waals surface area contributed by atoms with Gasteiger partial charge in [0.1, 0.15) is 6.54 Å². The van der Waals surface area contributed by atoms with Gasteiger partial charge in [-0.15, -0.1) is 23.4 Å². The molecule has 0 aliphatic rings. The zero-order valence-electron chi connectivity index (χ0n) is 12.0. The molecule has 0 radical (unpaired) electrons. The fourth-order valence-corrected chi connectivity index (χ4v) is 2.10. The number of amides is 1. The first-order chi connectivity index (χ1) is 10.6. The molecule has 2 rings (SSSR count). The molecule has 0 N–H and O–H groups in total. The van der Waals surface area contributed by atoms with Crippen molar-refractivity contribution in [3.05, 3.63) is 54.0 Å². The SMILES string of the molecule is C=CCN(CC=C)C(=O)Cn1nnc(-c2ccc(Br)cc2)n1. The predicted octanol–water partition coefficient (Wildman–Crippen LogP) is 2.30. The second kappa shape index (κ2) is 7.65. The number of carbonyl (C=O) groups excluding carboxylic acids is 1. The van der Waals surface area contributed by atoms with Gasteiger partial charge >= 0.3 is 0 Å². The number of hydrogen-bond donors (Lipinski definition) is 0. The lowest BCUT2D eigenvalue weighted by Gasteiger charge is -2.18. The molecule has 0 aliphatic carbocycles. The summed E-state index contributed by atoms with van der Waals surface area (Å²) in [5.41, 5.74) is 0.843. The zero-order chi connectivity index (χ0) is 15.9. The van der Waals surface area contributed by atoms with Crippen molar-refractivity contribution in [1.82, 2.24) is 25.1 Å². The van der Waals surface area contributed by atoms with Gasteiger partial charge in [-0.1, -0.05) is 28.1 Å². The van der Waals surface area contributed by atoms with Gasteiger partial charge in [0.2, 0.25) is 11.7 Å². The van der Waals surface area contributed by atoms with Crippen LogP contribution in [-0.2, 0) is 11.3 Å². The molecular weight excluding hydrogens is 346 g/mol. The van der Waals surface area contributed by atoms with Crippen LogP contribution in [0.3, 0.4) is 0 Å². The molecule has 1 aromatic heterocycles. The Bertz CT molecular complexity index is 655. The van der Waals surface area contributed by atoms with Crippen molar-refractivity contribution in [2.75, 3.05) is 13.1 Å². The Balaban J connectivity index is 2.07. The first kappa shape index (κ1) is 16.1. The summed E-state index contributed by atoms with van der Waals surface area (Å²) in [6, 6.07) is 7.57. The number of nitrogens with zero attached hydrogens (tertiary/aromatic N) is 5. The molecule has 1 heterocycles. The van der Waals surface area contributed by atoms with Crippen molar-refractivity contribution >= 4 is 21.8 Å². The first-order valence-electron chi connectivity index (χ1n) is 6.67. The van der Waals surface area contributed by atoms with E-state index in [1.54, 1.807) is 17.1 Å². The molecule has 114 valence electrons. The van der Waals surface area contributed by atoms with Gasteiger partial charge in [-0.25, -0.2) is 0 Å². The van der Waals surface area contributed by atoms with Gasteiger partial charge in [-0.3, -0.25) is 4.79 Å². The molecule has 0 saturated heterocycles. The third-order valence-corrected chi connectivity index (χ3v) is 3.41. The largest absolute Gasteiger partial charge is 0.334 e. The lowest BCUT2D eigenvalue weighted by Crippen LogP contribution is -2.34. The van der Waals surface area contributed by atoms with Gasteiger partial charge in [-0.2, -0.15) is 4.80 Å². The summed E-state index contributed by atoms with van der Waals surface area (Å²) >= 11 is 3.37. The number of aromatic nitrogens is 4. The molecule has 0 fully saturated rings. The van der Waals surface area contributed by atoms with Crippen LogP contribution in [0.15, 0.2) is 54.0 Å². The van der Waals surface area contributed by atoms with Crippen LogP contribution in [0.25, 0.3) is 11.4 Å². The topological polar surface area (TPSA) is 63.9 Å². The second-order valence-corrected chi connectivity index (χ2v) is 5.44. The Kier molecular flexibility index (Phi) is 5.60. The molecule has 22 heavy (non-hydrogen) atoms. The normalized spacial score (nSPS) is 10.2. The number of hydrogen-bond acceptors (Lipinski definition) is 4. The maximum atomic E-state index is 12.2. The highest BCUT2D eigenvalue weighted by molar-refractivity contribution is 9.10. The average molecular weight is 362 g/mol. The summed E-state index contributed by atoms with van der Waals surface area (Å²) < 4.78 is 0.975. The van der Waals surface area contributed by atoms with Gasteiger partial charge < -0.3 is 4.90 Å². The molecule has 0 unspecified atom stereocenters. The minimum absolute atomic E-state index is 0.0329. The van der Waals surface area contributed by atoms with E-state index in [1.165, 1.54) is 4.80 Å². The van der Waals surface area contributed by atoms with Crippen molar-refractivity contribution in [2.24, 2.45) is 0 Å². The van der Waals surface area contributed by atoms with Gasteiger partial charge in [0.25, 0.3) is 0 Å². The van der Waals surface area contributed by atoms with Crippen LogP contribution in [0.4, 0.5) is 0 Å². The fourth-order valence-electron chi connectivity index (χ4n) is 1.84. The molecule has 1 amide bonds. The smallest absolute Gasteiger partial charge is 0.246 e. The fraction of sp³-hybridized carbons (Fsp3) is 0.200. The van der Waals surface area contributed by atoms with Gasteiger partial charge in [0.15, 0.2) is 0 Å². The summed E-state index contributed by atoms with van der Waals surface area (Å²) in [6.07, 6.45) is 3.34.